The summed E-state index contributed by atoms with van der Waals surface area (Å²) in [6, 6.07) is 10.2. The Morgan fingerprint density at radius 2 is 1.97 bits per heavy atom. The summed E-state index contributed by atoms with van der Waals surface area (Å²) in [6.45, 7) is 8.65. The number of anilines is 1. The Hall–Kier alpha value is -2.80. The Bertz CT molecular complexity index is 1060. The van der Waals surface area contributed by atoms with Crippen molar-refractivity contribution in [3.8, 4) is 0 Å². The number of hydrogen-bond acceptors (Lipinski definition) is 5. The monoisotopic (exact) mass is 420 g/mol. The van der Waals surface area contributed by atoms with Crippen molar-refractivity contribution in [1.82, 2.24) is 24.5 Å². The molecule has 1 aliphatic rings. The van der Waals surface area contributed by atoms with Crippen molar-refractivity contribution in [3.63, 3.8) is 0 Å². The molecule has 0 bridgehead atoms. The third-order valence-corrected chi connectivity index (χ3v) is 6.31. The molecule has 0 aliphatic carbocycles. The molecule has 2 aromatic heterocycles. The van der Waals surface area contributed by atoms with E-state index in [1.165, 1.54) is 31.5 Å². The van der Waals surface area contributed by atoms with Crippen molar-refractivity contribution in [3.05, 3.63) is 53.1 Å². The lowest BCUT2D eigenvalue weighted by Gasteiger charge is -2.34. The maximum Gasteiger partial charge on any atom is 0.252 e. The van der Waals surface area contributed by atoms with Crippen molar-refractivity contribution in [2.24, 2.45) is 11.8 Å². The number of nitrogens with zero attached hydrogens (tertiary/aromatic N) is 5. The van der Waals surface area contributed by atoms with Gasteiger partial charge in [-0.25, -0.2) is 9.50 Å². The minimum Gasteiger partial charge on any atom is -0.326 e. The molecular formula is C24H32N6O. The average Bonchev–Trinajstić information content (AvgIpc) is 3.11. The van der Waals surface area contributed by atoms with Crippen LogP contribution in [0.25, 0.3) is 5.78 Å². The Balaban J connectivity index is 1.30. The minimum atomic E-state index is -0.127. The molecule has 2 atom stereocenters. The predicted molar refractivity (Wildman–Crippen MR) is 122 cm³/mol. The summed E-state index contributed by atoms with van der Waals surface area (Å²) in [6.07, 6.45) is 3.73. The summed E-state index contributed by atoms with van der Waals surface area (Å²) in [4.78, 5) is 23.7. The highest BCUT2D eigenvalue weighted by molar-refractivity contribution is 5.91. The molecule has 1 N–H and O–H groups in total. The van der Waals surface area contributed by atoms with E-state index in [1.54, 1.807) is 4.52 Å². The quantitative estimate of drug-likeness (QED) is 0.661. The molecule has 0 spiro atoms. The van der Waals surface area contributed by atoms with Gasteiger partial charge in [-0.2, -0.15) is 4.98 Å². The first-order valence-electron chi connectivity index (χ1n) is 11.1. The smallest absolute Gasteiger partial charge is 0.252 e. The summed E-state index contributed by atoms with van der Waals surface area (Å²) in [5, 5.41) is 7.36. The van der Waals surface area contributed by atoms with Gasteiger partial charge in [0.25, 0.3) is 5.78 Å². The Morgan fingerprint density at radius 1 is 1.19 bits per heavy atom. The summed E-state index contributed by atoms with van der Waals surface area (Å²) >= 11 is 0. The first kappa shape index (κ1) is 21.4. The number of benzene rings is 1. The number of carbonyl (C=O) groups is 1. The summed E-state index contributed by atoms with van der Waals surface area (Å²) in [7, 11) is 2.21. The number of nitrogens with one attached hydrogen (secondary N) is 1. The van der Waals surface area contributed by atoms with Crippen LogP contribution in [0.4, 0.5) is 5.69 Å². The summed E-state index contributed by atoms with van der Waals surface area (Å²) in [5.41, 5.74) is 3.96. The van der Waals surface area contributed by atoms with Crippen LogP contribution in [0.15, 0.2) is 30.3 Å². The van der Waals surface area contributed by atoms with Crippen LogP contribution in [-0.2, 0) is 17.6 Å². The highest BCUT2D eigenvalue weighted by Gasteiger charge is 2.23. The number of rotatable bonds is 6. The van der Waals surface area contributed by atoms with E-state index in [0.717, 1.165) is 35.3 Å². The second-order valence-electron chi connectivity index (χ2n) is 9.03. The molecule has 0 radical (unpaired) electrons. The van der Waals surface area contributed by atoms with Crippen LogP contribution in [0.1, 0.15) is 42.5 Å². The molecule has 7 heteroatoms. The van der Waals surface area contributed by atoms with Crippen molar-refractivity contribution in [2.75, 3.05) is 25.5 Å². The van der Waals surface area contributed by atoms with E-state index in [9.17, 15) is 4.79 Å². The molecule has 164 valence electrons. The maximum absolute atomic E-state index is 12.5. The molecule has 3 heterocycles. The lowest BCUT2D eigenvalue weighted by atomic mass is 9.83. The minimum absolute atomic E-state index is 0.123. The standard InChI is InChI=1S/C24H32N6O/c1-16-15-29(4)12-11-20(16)8-5-19-6-9-21(10-7-19)26-23(31)14-22-27-24-25-17(2)13-18(3)30(24)28-22/h6-7,9-10,13,16,20H,5,8,11-12,14-15H2,1-4H3,(H,26,31)/t16-,20-/m0/s1. The van der Waals surface area contributed by atoms with Crippen LogP contribution in [0.2, 0.25) is 0 Å². The van der Waals surface area contributed by atoms with Gasteiger partial charge < -0.3 is 10.2 Å². The molecule has 0 unspecified atom stereocenters. The van der Waals surface area contributed by atoms with E-state index < -0.39 is 0 Å². The number of hydrogen-bond donors (Lipinski definition) is 1. The maximum atomic E-state index is 12.5. The topological polar surface area (TPSA) is 75.4 Å². The number of likely N-dealkylation sites (tertiary alicyclic amines) is 1. The van der Waals surface area contributed by atoms with Gasteiger partial charge in [0.15, 0.2) is 5.82 Å². The first-order chi connectivity index (χ1) is 14.9. The zero-order chi connectivity index (χ0) is 22.0. The van der Waals surface area contributed by atoms with Crippen molar-refractivity contribution < 1.29 is 4.79 Å². The second kappa shape index (κ2) is 9.14. The normalized spacial score (nSPS) is 19.6. The van der Waals surface area contributed by atoms with Crippen LogP contribution >= 0.6 is 0 Å². The largest absolute Gasteiger partial charge is 0.326 e. The molecular weight excluding hydrogens is 388 g/mol. The van der Waals surface area contributed by atoms with E-state index >= 15 is 0 Å². The second-order valence-corrected chi connectivity index (χ2v) is 9.03. The van der Waals surface area contributed by atoms with E-state index in [0.29, 0.717) is 11.6 Å². The van der Waals surface area contributed by atoms with Crippen molar-refractivity contribution in [1.29, 1.82) is 0 Å². The van der Waals surface area contributed by atoms with Gasteiger partial charge in [-0.05, 0) is 82.3 Å². The summed E-state index contributed by atoms with van der Waals surface area (Å²) < 4.78 is 1.68. The number of piperidine rings is 1. The van der Waals surface area contributed by atoms with Crippen LogP contribution < -0.4 is 5.32 Å². The molecule has 1 aromatic carbocycles. The van der Waals surface area contributed by atoms with E-state index in [2.05, 4.69) is 51.4 Å². The fourth-order valence-corrected chi connectivity index (χ4v) is 4.57. The van der Waals surface area contributed by atoms with Gasteiger partial charge in [0.1, 0.15) is 0 Å². The van der Waals surface area contributed by atoms with Gasteiger partial charge >= 0.3 is 0 Å². The fraction of sp³-hybridized carbons (Fsp3) is 0.500. The third-order valence-electron chi connectivity index (χ3n) is 6.31. The molecule has 4 rings (SSSR count). The van der Waals surface area contributed by atoms with Crippen LogP contribution in [-0.4, -0.2) is 50.5 Å². The van der Waals surface area contributed by atoms with Gasteiger partial charge in [-0.15, -0.1) is 5.10 Å². The highest BCUT2D eigenvalue weighted by atomic mass is 16.1. The number of amides is 1. The lowest BCUT2D eigenvalue weighted by Crippen LogP contribution is -2.36. The number of carbonyl (C=O) groups excluding carboxylic acids is 1. The Labute approximate surface area is 183 Å². The van der Waals surface area contributed by atoms with E-state index in [-0.39, 0.29) is 12.3 Å². The van der Waals surface area contributed by atoms with Gasteiger partial charge in [0.05, 0.1) is 6.42 Å². The molecule has 31 heavy (non-hydrogen) atoms. The first-order valence-corrected chi connectivity index (χ1v) is 11.1. The Morgan fingerprint density at radius 3 is 2.71 bits per heavy atom. The van der Waals surface area contributed by atoms with Crippen molar-refractivity contribution in [2.45, 2.75) is 46.5 Å². The average molecular weight is 421 g/mol. The van der Waals surface area contributed by atoms with Crippen LogP contribution in [0.5, 0.6) is 0 Å². The van der Waals surface area contributed by atoms with Gasteiger partial charge in [-0.1, -0.05) is 19.1 Å². The zero-order valence-electron chi connectivity index (χ0n) is 18.9. The van der Waals surface area contributed by atoms with Crippen LogP contribution in [0, 0.1) is 25.7 Å². The highest BCUT2D eigenvalue weighted by Crippen LogP contribution is 2.27. The van der Waals surface area contributed by atoms with Gasteiger partial charge in [0.2, 0.25) is 5.91 Å². The molecule has 3 aromatic rings. The van der Waals surface area contributed by atoms with Crippen LogP contribution in [0.3, 0.4) is 0 Å². The number of aromatic nitrogens is 4. The molecule has 7 nitrogen and oxygen atoms in total. The molecule has 1 aliphatic heterocycles. The summed E-state index contributed by atoms with van der Waals surface area (Å²) in [5.74, 6) is 2.44. The van der Waals surface area contributed by atoms with Gasteiger partial charge in [0, 0.05) is 23.6 Å². The zero-order valence-corrected chi connectivity index (χ0v) is 18.9. The lowest BCUT2D eigenvalue weighted by molar-refractivity contribution is -0.115. The molecule has 1 amide bonds. The predicted octanol–water partition coefficient (Wildman–Crippen LogP) is 3.44. The molecule has 1 fully saturated rings. The number of fused-ring (bicyclic) bond motifs is 1. The van der Waals surface area contributed by atoms with Crippen molar-refractivity contribution >= 4 is 17.4 Å². The van der Waals surface area contributed by atoms with E-state index in [1.807, 2.05) is 32.0 Å². The third kappa shape index (κ3) is 5.28. The number of aryl methyl sites for hydroxylation is 3. The fourth-order valence-electron chi connectivity index (χ4n) is 4.57. The molecule has 0 saturated carbocycles. The Kier molecular flexibility index (Phi) is 6.32. The SMILES string of the molecule is Cc1cc(C)n2nc(CC(=O)Nc3ccc(CC[C@H]4CCN(C)C[C@@H]4C)cc3)nc2n1. The van der Waals surface area contributed by atoms with E-state index in [4.69, 9.17) is 0 Å². The van der Waals surface area contributed by atoms with Gasteiger partial charge in [-0.3, -0.25) is 4.79 Å². The molecule has 1 saturated heterocycles.